The van der Waals surface area contributed by atoms with E-state index in [0.29, 0.717) is 41.8 Å². The number of carbonyl (C=O) groups is 1. The summed E-state index contributed by atoms with van der Waals surface area (Å²) in [7, 11) is 1.90. The zero-order chi connectivity index (χ0) is 21.1. The fraction of sp³-hybridized carbons (Fsp3) is 0.286. The van der Waals surface area contributed by atoms with Gasteiger partial charge in [0.2, 0.25) is 17.6 Å². The molecule has 9 nitrogen and oxygen atoms in total. The van der Waals surface area contributed by atoms with E-state index in [9.17, 15) is 4.79 Å². The van der Waals surface area contributed by atoms with Gasteiger partial charge in [0.05, 0.1) is 23.6 Å². The van der Waals surface area contributed by atoms with Gasteiger partial charge < -0.3 is 14.0 Å². The van der Waals surface area contributed by atoms with Gasteiger partial charge in [0.15, 0.2) is 0 Å². The maximum atomic E-state index is 11.9. The second-order valence-electron chi connectivity index (χ2n) is 7.86. The van der Waals surface area contributed by atoms with E-state index in [-0.39, 0.29) is 5.91 Å². The first-order valence-electron chi connectivity index (χ1n) is 10.1. The first-order chi connectivity index (χ1) is 15.1. The Kier molecular flexibility index (Phi) is 4.01. The van der Waals surface area contributed by atoms with Crippen molar-refractivity contribution in [3.63, 3.8) is 0 Å². The maximum absolute atomic E-state index is 11.9. The number of benzene rings is 1. The number of rotatable bonds is 3. The molecule has 1 aromatic carbocycles. The van der Waals surface area contributed by atoms with Crippen molar-refractivity contribution in [3.05, 3.63) is 52.9 Å². The number of nitrogens with zero attached hydrogens (tertiary/aromatic N) is 7. The van der Waals surface area contributed by atoms with Crippen LogP contribution in [-0.2, 0) is 24.8 Å². The standard InChI is InChI=1S/C21H18ClN7O2/c1-27-9-12-7-16-20(21-24-17(31-26-21)10-28-6-2-3-18(28)30)23-11-29(16)15-5-4-13(22)8-14(15)19(12)25-27/h4-5,8-9,11H,2-3,6-7,10H2,1H3. The predicted molar refractivity (Wildman–Crippen MR) is 112 cm³/mol. The molecule has 0 aliphatic carbocycles. The second-order valence-corrected chi connectivity index (χ2v) is 8.29. The fourth-order valence-corrected chi connectivity index (χ4v) is 4.54. The van der Waals surface area contributed by atoms with E-state index >= 15 is 0 Å². The molecule has 2 aliphatic heterocycles. The van der Waals surface area contributed by atoms with Crippen LogP contribution in [0.15, 0.2) is 35.2 Å². The highest BCUT2D eigenvalue weighted by Gasteiger charge is 2.28. The van der Waals surface area contributed by atoms with Gasteiger partial charge in [0.25, 0.3) is 0 Å². The van der Waals surface area contributed by atoms with Crippen LogP contribution >= 0.6 is 11.6 Å². The molecule has 4 aromatic rings. The van der Waals surface area contributed by atoms with Crippen molar-refractivity contribution in [1.82, 2.24) is 34.4 Å². The molecule has 5 heterocycles. The van der Waals surface area contributed by atoms with E-state index in [1.807, 2.05) is 36.0 Å². The van der Waals surface area contributed by atoms with Crippen molar-refractivity contribution in [3.8, 4) is 28.5 Å². The molecule has 1 saturated heterocycles. The van der Waals surface area contributed by atoms with E-state index < -0.39 is 0 Å². The molecule has 0 bridgehead atoms. The summed E-state index contributed by atoms with van der Waals surface area (Å²) < 4.78 is 9.28. The van der Waals surface area contributed by atoms with Crippen LogP contribution in [0.1, 0.15) is 30.0 Å². The van der Waals surface area contributed by atoms with Gasteiger partial charge in [-0.15, -0.1) is 0 Å². The monoisotopic (exact) mass is 435 g/mol. The fourth-order valence-electron chi connectivity index (χ4n) is 4.37. The second kappa shape index (κ2) is 6.78. The van der Waals surface area contributed by atoms with Gasteiger partial charge in [-0.25, -0.2) is 4.98 Å². The summed E-state index contributed by atoms with van der Waals surface area (Å²) in [5.74, 6) is 0.947. The molecule has 2 aliphatic rings. The van der Waals surface area contributed by atoms with Crippen LogP contribution < -0.4 is 0 Å². The Bertz CT molecular complexity index is 1340. The van der Waals surface area contributed by atoms with E-state index in [4.69, 9.17) is 16.1 Å². The molecule has 0 spiro atoms. The van der Waals surface area contributed by atoms with Crippen LogP contribution in [0, 0.1) is 0 Å². The Labute approximate surface area is 182 Å². The van der Waals surface area contributed by atoms with Crippen LogP contribution in [0.2, 0.25) is 5.02 Å². The number of carbonyl (C=O) groups excluding carboxylic acids is 1. The van der Waals surface area contributed by atoms with Gasteiger partial charge in [-0.2, -0.15) is 10.1 Å². The molecule has 1 amide bonds. The number of halogens is 1. The van der Waals surface area contributed by atoms with E-state index in [1.54, 1.807) is 15.9 Å². The van der Waals surface area contributed by atoms with Crippen molar-refractivity contribution in [2.75, 3.05) is 6.54 Å². The van der Waals surface area contributed by atoms with E-state index in [2.05, 4.69) is 20.2 Å². The summed E-state index contributed by atoms with van der Waals surface area (Å²) in [6, 6.07) is 5.76. The Morgan fingerprint density at radius 1 is 1.26 bits per heavy atom. The first-order valence-corrected chi connectivity index (χ1v) is 10.4. The third kappa shape index (κ3) is 2.96. The molecule has 0 N–H and O–H groups in total. The van der Waals surface area contributed by atoms with Crippen molar-refractivity contribution in [1.29, 1.82) is 0 Å². The lowest BCUT2D eigenvalue weighted by Gasteiger charge is -2.11. The first kappa shape index (κ1) is 18.3. The van der Waals surface area contributed by atoms with Crippen LogP contribution in [0.25, 0.3) is 28.5 Å². The number of likely N-dealkylation sites (tertiary alicyclic amines) is 1. The predicted octanol–water partition coefficient (Wildman–Crippen LogP) is 3.00. The minimum atomic E-state index is 0.120. The summed E-state index contributed by atoms with van der Waals surface area (Å²) in [5.41, 5.74) is 5.46. The number of imidazole rings is 1. The molecular weight excluding hydrogens is 418 g/mol. The molecule has 1 fully saturated rings. The average molecular weight is 436 g/mol. The summed E-state index contributed by atoms with van der Waals surface area (Å²) >= 11 is 6.29. The zero-order valence-corrected chi connectivity index (χ0v) is 17.5. The van der Waals surface area contributed by atoms with Crippen LogP contribution in [0.3, 0.4) is 0 Å². The van der Waals surface area contributed by atoms with Gasteiger partial charge in [0.1, 0.15) is 12.0 Å². The molecule has 0 saturated carbocycles. The highest BCUT2D eigenvalue weighted by atomic mass is 35.5. The third-order valence-corrected chi connectivity index (χ3v) is 6.01. The van der Waals surface area contributed by atoms with E-state index in [1.165, 1.54) is 0 Å². The lowest BCUT2D eigenvalue weighted by atomic mass is 10.0. The molecule has 10 heteroatoms. The van der Waals surface area contributed by atoms with Crippen LogP contribution in [0.4, 0.5) is 0 Å². The lowest BCUT2D eigenvalue weighted by molar-refractivity contribution is -0.128. The van der Waals surface area contributed by atoms with Gasteiger partial charge >= 0.3 is 0 Å². The Morgan fingerprint density at radius 2 is 2.16 bits per heavy atom. The molecule has 0 unspecified atom stereocenters. The molecule has 3 aromatic heterocycles. The maximum Gasteiger partial charge on any atom is 0.246 e. The largest absolute Gasteiger partial charge is 0.337 e. The number of hydrogen-bond donors (Lipinski definition) is 0. The smallest absolute Gasteiger partial charge is 0.246 e. The minimum Gasteiger partial charge on any atom is -0.337 e. The normalized spacial score (nSPS) is 15.0. The summed E-state index contributed by atoms with van der Waals surface area (Å²) in [4.78, 5) is 22.8. The minimum absolute atomic E-state index is 0.120. The van der Waals surface area contributed by atoms with Gasteiger partial charge in [-0.1, -0.05) is 16.8 Å². The number of aromatic nitrogens is 6. The summed E-state index contributed by atoms with van der Waals surface area (Å²) in [6.07, 6.45) is 5.83. The third-order valence-electron chi connectivity index (χ3n) is 5.78. The Hall–Kier alpha value is -3.46. The SMILES string of the molecule is Cn1cc2c(n1)-c1cc(Cl)ccc1-n1cnc(-c3noc(CN4CCCC4=O)n3)c1C2. The molecule has 0 atom stereocenters. The molecular formula is C21H18ClN7O2. The average Bonchev–Trinajstić information content (AvgIpc) is 3.51. The number of amides is 1. The Morgan fingerprint density at radius 3 is 3.00 bits per heavy atom. The summed E-state index contributed by atoms with van der Waals surface area (Å²) in [5, 5.41) is 9.47. The topological polar surface area (TPSA) is 94.9 Å². The van der Waals surface area contributed by atoms with Crippen LogP contribution in [-0.4, -0.2) is 46.8 Å². The van der Waals surface area contributed by atoms with E-state index in [0.717, 1.165) is 41.2 Å². The van der Waals surface area contributed by atoms with Gasteiger partial charge in [0, 0.05) is 48.8 Å². The molecule has 0 radical (unpaired) electrons. The van der Waals surface area contributed by atoms with Crippen molar-refractivity contribution >= 4 is 17.5 Å². The molecule has 156 valence electrons. The number of hydrogen-bond acceptors (Lipinski definition) is 6. The quantitative estimate of drug-likeness (QED) is 0.432. The van der Waals surface area contributed by atoms with Gasteiger partial charge in [-0.05, 0) is 24.6 Å². The number of aryl methyl sites for hydroxylation is 1. The zero-order valence-electron chi connectivity index (χ0n) is 16.7. The highest BCUT2D eigenvalue weighted by molar-refractivity contribution is 6.31. The Balaban J connectivity index is 1.43. The lowest BCUT2D eigenvalue weighted by Crippen LogP contribution is -2.23. The highest BCUT2D eigenvalue weighted by Crippen LogP contribution is 2.38. The summed E-state index contributed by atoms with van der Waals surface area (Å²) in [6.45, 7) is 1.05. The molecule has 6 rings (SSSR count). The number of fused-ring (bicyclic) bond motifs is 5. The van der Waals surface area contributed by atoms with Crippen molar-refractivity contribution < 1.29 is 9.32 Å². The van der Waals surface area contributed by atoms with Crippen LogP contribution in [0.5, 0.6) is 0 Å². The van der Waals surface area contributed by atoms with Crippen molar-refractivity contribution in [2.45, 2.75) is 25.8 Å². The van der Waals surface area contributed by atoms with Gasteiger partial charge in [-0.3, -0.25) is 9.48 Å². The molecule has 31 heavy (non-hydrogen) atoms. The van der Waals surface area contributed by atoms with Crippen molar-refractivity contribution in [2.24, 2.45) is 7.05 Å².